The summed E-state index contributed by atoms with van der Waals surface area (Å²) in [6.45, 7) is 3.09. The molecule has 0 aromatic heterocycles. The van der Waals surface area contributed by atoms with Crippen molar-refractivity contribution < 1.29 is 26.4 Å². The summed E-state index contributed by atoms with van der Waals surface area (Å²) in [5, 5.41) is 2.24. The largest absolute Gasteiger partial charge is 0.351 e. The monoisotopic (exact) mass is 386 g/mol. The smallest absolute Gasteiger partial charge is 0.254 e. The molecule has 2 aromatic rings. The zero-order valence-electron chi connectivity index (χ0n) is 14.1. The van der Waals surface area contributed by atoms with Crippen LogP contribution in [0.1, 0.15) is 21.5 Å². The van der Waals surface area contributed by atoms with Gasteiger partial charge >= 0.3 is 0 Å². The third-order valence-corrected chi connectivity index (χ3v) is 5.22. The van der Waals surface area contributed by atoms with Crippen molar-refractivity contribution in [3.05, 3.63) is 64.5 Å². The van der Waals surface area contributed by atoms with E-state index in [4.69, 9.17) is 0 Å². The van der Waals surface area contributed by atoms with E-state index in [0.29, 0.717) is 11.6 Å². The van der Waals surface area contributed by atoms with Gasteiger partial charge in [-0.15, -0.1) is 0 Å². The predicted molar refractivity (Wildman–Crippen MR) is 89.8 cm³/mol. The van der Waals surface area contributed by atoms with E-state index >= 15 is 0 Å². The van der Waals surface area contributed by atoms with Crippen molar-refractivity contribution in [1.82, 2.24) is 10.0 Å². The van der Waals surface area contributed by atoms with Crippen LogP contribution in [0.3, 0.4) is 0 Å². The fourth-order valence-electron chi connectivity index (χ4n) is 2.23. The van der Waals surface area contributed by atoms with Crippen LogP contribution in [0.4, 0.5) is 13.2 Å². The third-order valence-electron chi connectivity index (χ3n) is 3.62. The zero-order valence-corrected chi connectivity index (χ0v) is 14.9. The Bertz CT molecular complexity index is 947. The summed E-state index contributed by atoms with van der Waals surface area (Å²) in [7, 11) is -3.78. The minimum atomic E-state index is -3.78. The topological polar surface area (TPSA) is 75.3 Å². The lowest BCUT2D eigenvalue weighted by Gasteiger charge is -2.11. The summed E-state index contributed by atoms with van der Waals surface area (Å²) >= 11 is 0. The maximum atomic E-state index is 13.5. The van der Waals surface area contributed by atoms with E-state index in [2.05, 4.69) is 10.0 Å². The second-order valence-electron chi connectivity index (χ2n) is 5.65. The van der Waals surface area contributed by atoms with Crippen LogP contribution in [-0.4, -0.2) is 27.4 Å². The van der Waals surface area contributed by atoms with Gasteiger partial charge in [0.1, 0.15) is 0 Å². The number of hydrogen-bond acceptors (Lipinski definition) is 3. The van der Waals surface area contributed by atoms with Gasteiger partial charge in [0.25, 0.3) is 5.91 Å². The average Bonchev–Trinajstić information content (AvgIpc) is 2.58. The maximum Gasteiger partial charge on any atom is 0.254 e. The Hall–Kier alpha value is -2.39. The van der Waals surface area contributed by atoms with Gasteiger partial charge in [-0.1, -0.05) is 12.1 Å². The first-order valence-electron chi connectivity index (χ1n) is 7.62. The van der Waals surface area contributed by atoms with Crippen LogP contribution >= 0.6 is 0 Å². The molecule has 2 rings (SSSR count). The van der Waals surface area contributed by atoms with Crippen LogP contribution in [0, 0.1) is 31.3 Å². The van der Waals surface area contributed by atoms with Gasteiger partial charge in [-0.2, -0.15) is 0 Å². The Morgan fingerprint density at radius 2 is 1.69 bits per heavy atom. The van der Waals surface area contributed by atoms with Crippen LogP contribution in [0.2, 0.25) is 0 Å². The first kappa shape index (κ1) is 19.9. The second kappa shape index (κ2) is 7.88. The number of benzene rings is 2. The zero-order chi connectivity index (χ0) is 19.5. The molecule has 0 saturated heterocycles. The summed E-state index contributed by atoms with van der Waals surface area (Å²) in [4.78, 5) is 11.9. The van der Waals surface area contributed by atoms with Gasteiger partial charge in [-0.3, -0.25) is 4.79 Å². The molecule has 2 aromatic carbocycles. The van der Waals surface area contributed by atoms with Crippen LogP contribution in [0.25, 0.3) is 0 Å². The molecule has 1 amide bonds. The first-order valence-corrected chi connectivity index (χ1v) is 9.10. The second-order valence-corrected chi connectivity index (χ2v) is 7.38. The molecule has 0 aliphatic rings. The van der Waals surface area contributed by atoms with E-state index < -0.39 is 38.9 Å². The van der Waals surface area contributed by atoms with E-state index in [1.165, 1.54) is 6.07 Å². The highest BCUT2D eigenvalue weighted by Crippen LogP contribution is 2.16. The van der Waals surface area contributed by atoms with Crippen molar-refractivity contribution in [3.63, 3.8) is 0 Å². The van der Waals surface area contributed by atoms with Crippen molar-refractivity contribution in [2.75, 3.05) is 13.1 Å². The van der Waals surface area contributed by atoms with E-state index in [0.717, 1.165) is 11.6 Å². The normalized spacial score (nSPS) is 11.4. The standard InChI is InChI=1S/C17H17F3N2O3S/c1-10-3-4-11(2)14(9-10)26(24,25)22-8-7-21-17(23)12-5-6-13(18)16(20)15(12)19/h3-6,9,22H,7-8H2,1-2H3,(H,21,23). The number of carbonyl (C=O) groups is 1. The number of carbonyl (C=O) groups excluding carboxylic acids is 1. The summed E-state index contributed by atoms with van der Waals surface area (Å²) in [5.74, 6) is -5.72. The number of aryl methyl sites for hydroxylation is 2. The molecule has 0 atom stereocenters. The Balaban J connectivity index is 1.97. The quantitative estimate of drug-likeness (QED) is 0.592. The molecule has 140 valence electrons. The van der Waals surface area contributed by atoms with Crippen LogP contribution < -0.4 is 10.0 Å². The first-order chi connectivity index (χ1) is 12.1. The Morgan fingerprint density at radius 1 is 1.00 bits per heavy atom. The average molecular weight is 386 g/mol. The molecule has 0 unspecified atom stereocenters. The molecular formula is C17H17F3N2O3S. The molecule has 0 radical (unpaired) electrons. The van der Waals surface area contributed by atoms with E-state index in [9.17, 15) is 26.4 Å². The molecule has 2 N–H and O–H groups in total. The summed E-state index contributed by atoms with van der Waals surface area (Å²) in [6.07, 6.45) is 0. The van der Waals surface area contributed by atoms with Crippen molar-refractivity contribution in [3.8, 4) is 0 Å². The summed E-state index contributed by atoms with van der Waals surface area (Å²) in [5.41, 5.74) is 0.676. The molecule has 0 fully saturated rings. The number of rotatable bonds is 6. The van der Waals surface area contributed by atoms with Crippen LogP contribution in [0.5, 0.6) is 0 Å². The van der Waals surface area contributed by atoms with Gasteiger partial charge < -0.3 is 5.32 Å². The number of sulfonamides is 1. The van der Waals surface area contributed by atoms with Crippen molar-refractivity contribution in [2.24, 2.45) is 0 Å². The minimum Gasteiger partial charge on any atom is -0.351 e. The highest BCUT2D eigenvalue weighted by Gasteiger charge is 2.19. The lowest BCUT2D eigenvalue weighted by atomic mass is 10.2. The number of hydrogen-bond donors (Lipinski definition) is 2. The van der Waals surface area contributed by atoms with Gasteiger partial charge in [0.15, 0.2) is 17.5 Å². The summed E-state index contributed by atoms with van der Waals surface area (Å²) in [6, 6.07) is 6.43. The van der Waals surface area contributed by atoms with Crippen LogP contribution in [-0.2, 0) is 10.0 Å². The molecule has 0 bridgehead atoms. The van der Waals surface area contributed by atoms with E-state index in [-0.39, 0.29) is 18.0 Å². The van der Waals surface area contributed by atoms with Gasteiger partial charge in [0, 0.05) is 13.1 Å². The Kier molecular flexibility index (Phi) is 6.04. The predicted octanol–water partition coefficient (Wildman–Crippen LogP) is 2.43. The molecule has 0 spiro atoms. The number of halogens is 3. The SMILES string of the molecule is Cc1ccc(C)c(S(=O)(=O)NCCNC(=O)c2ccc(F)c(F)c2F)c1. The van der Waals surface area contributed by atoms with Crippen molar-refractivity contribution >= 4 is 15.9 Å². The highest BCUT2D eigenvalue weighted by molar-refractivity contribution is 7.89. The minimum absolute atomic E-state index is 0.121. The van der Waals surface area contributed by atoms with Crippen molar-refractivity contribution in [2.45, 2.75) is 18.7 Å². The van der Waals surface area contributed by atoms with Gasteiger partial charge in [0.05, 0.1) is 10.5 Å². The Morgan fingerprint density at radius 3 is 2.38 bits per heavy atom. The molecule has 0 heterocycles. The number of nitrogens with one attached hydrogen (secondary N) is 2. The molecule has 0 saturated carbocycles. The van der Waals surface area contributed by atoms with Crippen molar-refractivity contribution in [1.29, 1.82) is 0 Å². The lowest BCUT2D eigenvalue weighted by molar-refractivity contribution is 0.0949. The molecule has 26 heavy (non-hydrogen) atoms. The molecular weight excluding hydrogens is 369 g/mol. The van der Waals surface area contributed by atoms with Gasteiger partial charge in [-0.05, 0) is 43.2 Å². The molecule has 0 aliphatic heterocycles. The molecule has 0 aliphatic carbocycles. The van der Waals surface area contributed by atoms with E-state index in [1.54, 1.807) is 26.0 Å². The lowest BCUT2D eigenvalue weighted by Crippen LogP contribution is -2.35. The highest BCUT2D eigenvalue weighted by atomic mass is 32.2. The summed E-state index contributed by atoms with van der Waals surface area (Å²) < 4.78 is 66.4. The maximum absolute atomic E-state index is 13.5. The van der Waals surface area contributed by atoms with Gasteiger partial charge in [-0.25, -0.2) is 26.3 Å². The van der Waals surface area contributed by atoms with E-state index in [1.807, 2.05) is 0 Å². The van der Waals surface area contributed by atoms with Crippen LogP contribution in [0.15, 0.2) is 35.2 Å². The third kappa shape index (κ3) is 4.41. The molecule has 5 nitrogen and oxygen atoms in total. The number of amides is 1. The fraction of sp³-hybridized carbons (Fsp3) is 0.235. The van der Waals surface area contributed by atoms with Gasteiger partial charge in [0.2, 0.25) is 10.0 Å². The Labute approximate surface area is 149 Å². The molecule has 9 heteroatoms. The fourth-order valence-corrected chi connectivity index (χ4v) is 3.59.